The molecule has 0 unspecified atom stereocenters. The number of nitrogens with one attached hydrogen (secondary N) is 1. The van der Waals surface area contributed by atoms with E-state index < -0.39 is 0 Å². The quantitative estimate of drug-likeness (QED) is 0.526. The van der Waals surface area contributed by atoms with Crippen LogP contribution in [0.3, 0.4) is 0 Å². The predicted octanol–water partition coefficient (Wildman–Crippen LogP) is 5.18. The summed E-state index contributed by atoms with van der Waals surface area (Å²) in [4.78, 5) is 4.38. The standard InChI is InChI=1S/C22H20FN3O/c1-3-24-19-9-7-14(11-18(19)23)16-5-4-6-17(22(16)27)15-8-10-21-20(12-15)25-13-26(21)2/h4-13,24,27H,3H2,1-2H3. The maximum atomic E-state index is 14.3. The number of fused-ring (bicyclic) bond motifs is 1. The summed E-state index contributed by atoms with van der Waals surface area (Å²) in [5.41, 5.74) is 5.12. The molecule has 0 fully saturated rings. The van der Waals surface area contributed by atoms with Crippen LogP contribution in [0, 0.1) is 5.82 Å². The van der Waals surface area contributed by atoms with Gasteiger partial charge in [0.25, 0.3) is 0 Å². The number of para-hydroxylation sites is 1. The second-order valence-electron chi connectivity index (χ2n) is 6.49. The van der Waals surface area contributed by atoms with Gasteiger partial charge >= 0.3 is 0 Å². The topological polar surface area (TPSA) is 50.1 Å². The van der Waals surface area contributed by atoms with Gasteiger partial charge in [-0.1, -0.05) is 30.3 Å². The summed E-state index contributed by atoms with van der Waals surface area (Å²) in [7, 11) is 1.94. The molecule has 27 heavy (non-hydrogen) atoms. The van der Waals surface area contributed by atoms with Crippen LogP contribution in [0.5, 0.6) is 5.75 Å². The molecule has 0 atom stereocenters. The number of aromatic nitrogens is 2. The van der Waals surface area contributed by atoms with E-state index in [-0.39, 0.29) is 11.6 Å². The summed E-state index contributed by atoms with van der Waals surface area (Å²) in [6.07, 6.45) is 1.76. The Labute approximate surface area is 156 Å². The maximum absolute atomic E-state index is 14.3. The number of phenolic OH excluding ortho intramolecular Hbond substituents is 1. The lowest BCUT2D eigenvalue weighted by Crippen LogP contribution is -1.99. The van der Waals surface area contributed by atoms with Gasteiger partial charge in [0, 0.05) is 24.7 Å². The molecule has 0 radical (unpaired) electrons. The fourth-order valence-corrected chi connectivity index (χ4v) is 3.33. The van der Waals surface area contributed by atoms with Crippen molar-refractivity contribution < 1.29 is 9.50 Å². The van der Waals surface area contributed by atoms with Gasteiger partial charge in [-0.2, -0.15) is 0 Å². The SMILES string of the molecule is CCNc1ccc(-c2cccc(-c3ccc4c(c3)ncn4C)c2O)cc1F. The minimum Gasteiger partial charge on any atom is -0.507 e. The van der Waals surface area contributed by atoms with Crippen molar-refractivity contribution >= 4 is 16.7 Å². The molecule has 1 aromatic heterocycles. The van der Waals surface area contributed by atoms with Crippen molar-refractivity contribution in [2.75, 3.05) is 11.9 Å². The summed E-state index contributed by atoms with van der Waals surface area (Å²) >= 11 is 0. The average Bonchev–Trinajstić information content (AvgIpc) is 3.04. The van der Waals surface area contributed by atoms with E-state index >= 15 is 0 Å². The highest BCUT2D eigenvalue weighted by atomic mass is 19.1. The van der Waals surface area contributed by atoms with E-state index in [9.17, 15) is 9.50 Å². The highest BCUT2D eigenvalue weighted by Gasteiger charge is 2.13. The Hall–Kier alpha value is -3.34. The zero-order valence-corrected chi connectivity index (χ0v) is 15.2. The van der Waals surface area contributed by atoms with Crippen LogP contribution >= 0.6 is 0 Å². The summed E-state index contributed by atoms with van der Waals surface area (Å²) in [6.45, 7) is 2.56. The third-order valence-electron chi connectivity index (χ3n) is 4.72. The van der Waals surface area contributed by atoms with Gasteiger partial charge in [-0.05, 0) is 42.3 Å². The molecule has 0 amide bonds. The lowest BCUT2D eigenvalue weighted by atomic mass is 9.97. The molecule has 4 rings (SSSR count). The molecule has 136 valence electrons. The van der Waals surface area contributed by atoms with E-state index in [0.717, 1.165) is 16.6 Å². The fourth-order valence-electron chi connectivity index (χ4n) is 3.33. The molecular formula is C22H20FN3O. The van der Waals surface area contributed by atoms with Crippen molar-refractivity contribution in [3.8, 4) is 28.0 Å². The molecule has 0 spiro atoms. The summed E-state index contributed by atoms with van der Waals surface area (Å²) in [5, 5.41) is 13.9. The third kappa shape index (κ3) is 3.01. The first-order valence-corrected chi connectivity index (χ1v) is 8.85. The molecule has 4 aromatic rings. The van der Waals surface area contributed by atoms with Crippen molar-refractivity contribution in [2.24, 2.45) is 7.05 Å². The van der Waals surface area contributed by atoms with Crippen molar-refractivity contribution in [3.05, 3.63) is 66.7 Å². The van der Waals surface area contributed by atoms with Crippen molar-refractivity contribution in [1.29, 1.82) is 0 Å². The van der Waals surface area contributed by atoms with E-state index in [2.05, 4.69) is 10.3 Å². The highest BCUT2D eigenvalue weighted by Crippen LogP contribution is 2.39. The Morgan fingerprint density at radius 2 is 1.74 bits per heavy atom. The fraction of sp³-hybridized carbons (Fsp3) is 0.136. The largest absolute Gasteiger partial charge is 0.507 e. The Kier molecular flexibility index (Phi) is 4.28. The minimum atomic E-state index is -0.339. The van der Waals surface area contributed by atoms with E-state index in [1.54, 1.807) is 18.5 Å². The summed E-state index contributed by atoms with van der Waals surface area (Å²) in [5.74, 6) is -0.211. The normalized spacial score (nSPS) is 11.1. The number of aromatic hydroxyl groups is 1. The molecule has 1 heterocycles. The van der Waals surface area contributed by atoms with E-state index in [4.69, 9.17) is 0 Å². The maximum Gasteiger partial charge on any atom is 0.146 e. The molecule has 0 aliphatic carbocycles. The van der Waals surface area contributed by atoms with Crippen LogP contribution in [0.2, 0.25) is 0 Å². The molecule has 3 aromatic carbocycles. The second-order valence-corrected chi connectivity index (χ2v) is 6.49. The number of hydrogen-bond acceptors (Lipinski definition) is 3. The molecule has 0 saturated carbocycles. The first kappa shape index (κ1) is 17.1. The number of phenols is 1. The van der Waals surface area contributed by atoms with E-state index in [1.807, 2.05) is 54.9 Å². The number of hydrogen-bond donors (Lipinski definition) is 2. The Morgan fingerprint density at radius 1 is 1.04 bits per heavy atom. The molecule has 4 nitrogen and oxygen atoms in total. The second kappa shape index (κ2) is 6.76. The van der Waals surface area contributed by atoms with Gasteiger partial charge in [0.05, 0.1) is 23.0 Å². The first-order chi connectivity index (χ1) is 13.1. The highest BCUT2D eigenvalue weighted by molar-refractivity contribution is 5.87. The number of benzene rings is 3. The summed E-state index contributed by atoms with van der Waals surface area (Å²) < 4.78 is 16.2. The van der Waals surface area contributed by atoms with Gasteiger partial charge in [-0.3, -0.25) is 0 Å². The number of halogens is 1. The Morgan fingerprint density at radius 3 is 2.44 bits per heavy atom. The van der Waals surface area contributed by atoms with Crippen molar-refractivity contribution in [2.45, 2.75) is 6.92 Å². The Bertz CT molecular complexity index is 1130. The van der Waals surface area contributed by atoms with Gasteiger partial charge < -0.3 is 15.0 Å². The van der Waals surface area contributed by atoms with Gasteiger partial charge in [0.1, 0.15) is 11.6 Å². The monoisotopic (exact) mass is 361 g/mol. The molecule has 2 N–H and O–H groups in total. The van der Waals surface area contributed by atoms with E-state index in [1.165, 1.54) is 6.07 Å². The van der Waals surface area contributed by atoms with Crippen LogP contribution in [0.25, 0.3) is 33.3 Å². The van der Waals surface area contributed by atoms with E-state index in [0.29, 0.717) is 28.9 Å². The van der Waals surface area contributed by atoms with Crippen LogP contribution in [0.1, 0.15) is 6.92 Å². The smallest absolute Gasteiger partial charge is 0.146 e. The van der Waals surface area contributed by atoms with Crippen LogP contribution < -0.4 is 5.32 Å². The van der Waals surface area contributed by atoms with Crippen molar-refractivity contribution in [3.63, 3.8) is 0 Å². The number of rotatable bonds is 4. The molecule has 0 saturated heterocycles. The van der Waals surface area contributed by atoms with Crippen LogP contribution in [0.15, 0.2) is 60.9 Å². The first-order valence-electron chi connectivity index (χ1n) is 8.85. The lowest BCUT2D eigenvalue weighted by Gasteiger charge is -2.12. The zero-order chi connectivity index (χ0) is 19.0. The number of imidazole rings is 1. The number of anilines is 1. The zero-order valence-electron chi connectivity index (χ0n) is 15.2. The van der Waals surface area contributed by atoms with Gasteiger partial charge in [0.2, 0.25) is 0 Å². The van der Waals surface area contributed by atoms with Crippen LogP contribution in [-0.4, -0.2) is 21.2 Å². The number of nitrogens with zero attached hydrogens (tertiary/aromatic N) is 2. The molecule has 0 aliphatic rings. The summed E-state index contributed by atoms with van der Waals surface area (Å²) in [6, 6.07) is 16.3. The van der Waals surface area contributed by atoms with Crippen molar-refractivity contribution in [1.82, 2.24) is 9.55 Å². The molecular weight excluding hydrogens is 341 g/mol. The minimum absolute atomic E-state index is 0.128. The van der Waals surface area contributed by atoms with Crippen LogP contribution in [0.4, 0.5) is 10.1 Å². The predicted molar refractivity (Wildman–Crippen MR) is 107 cm³/mol. The van der Waals surface area contributed by atoms with Gasteiger partial charge in [-0.25, -0.2) is 9.37 Å². The molecule has 0 bridgehead atoms. The molecule has 5 heteroatoms. The van der Waals surface area contributed by atoms with Gasteiger partial charge in [-0.15, -0.1) is 0 Å². The molecule has 0 aliphatic heterocycles. The average molecular weight is 361 g/mol. The third-order valence-corrected chi connectivity index (χ3v) is 4.72. The van der Waals surface area contributed by atoms with Gasteiger partial charge in [0.15, 0.2) is 0 Å². The number of aryl methyl sites for hydroxylation is 1. The Balaban J connectivity index is 1.79. The van der Waals surface area contributed by atoms with Crippen LogP contribution in [-0.2, 0) is 7.05 Å². The lowest BCUT2D eigenvalue weighted by molar-refractivity contribution is 0.479.